The van der Waals surface area contributed by atoms with Gasteiger partial charge in [0.25, 0.3) is 0 Å². The minimum absolute atomic E-state index is 0.0825. The maximum absolute atomic E-state index is 11.6. The molecule has 9 heteroatoms. The first-order chi connectivity index (χ1) is 10.6. The molecule has 0 saturated carbocycles. The van der Waals surface area contributed by atoms with Crippen molar-refractivity contribution < 1.29 is 19.2 Å². The van der Waals surface area contributed by atoms with Crippen molar-refractivity contribution in [1.82, 2.24) is 9.36 Å². The van der Waals surface area contributed by atoms with Crippen LogP contribution in [0.25, 0.3) is 0 Å². The zero-order chi connectivity index (χ0) is 15.9. The minimum atomic E-state index is -0.471. The van der Waals surface area contributed by atoms with Crippen molar-refractivity contribution in [3.8, 4) is 5.75 Å². The van der Waals surface area contributed by atoms with Crippen molar-refractivity contribution in [2.75, 3.05) is 12.3 Å². The molecule has 2 rings (SSSR count). The SMILES string of the molecule is CCOC(=O)c1cccc(O/N=C(\C=O)c2nsc(N)n2)c1. The van der Waals surface area contributed by atoms with Crippen LogP contribution in [-0.4, -0.2) is 33.9 Å². The van der Waals surface area contributed by atoms with E-state index in [0.717, 1.165) is 11.5 Å². The first kappa shape index (κ1) is 15.6. The number of nitrogens with zero attached hydrogens (tertiary/aromatic N) is 3. The van der Waals surface area contributed by atoms with E-state index >= 15 is 0 Å². The second kappa shape index (κ2) is 7.27. The zero-order valence-corrected chi connectivity index (χ0v) is 12.4. The lowest BCUT2D eigenvalue weighted by molar-refractivity contribution is -0.102. The third-order valence-corrected chi connectivity index (χ3v) is 2.92. The topological polar surface area (TPSA) is 117 Å². The summed E-state index contributed by atoms with van der Waals surface area (Å²) in [6.45, 7) is 1.99. The van der Waals surface area contributed by atoms with Crippen molar-refractivity contribution >= 4 is 34.6 Å². The van der Waals surface area contributed by atoms with Crippen molar-refractivity contribution in [2.24, 2.45) is 5.16 Å². The zero-order valence-electron chi connectivity index (χ0n) is 11.6. The van der Waals surface area contributed by atoms with Gasteiger partial charge in [0.15, 0.2) is 28.7 Å². The molecule has 0 unspecified atom stereocenters. The maximum Gasteiger partial charge on any atom is 0.338 e. The predicted octanol–water partition coefficient (Wildman–Crippen LogP) is 1.28. The molecule has 0 fully saturated rings. The third kappa shape index (κ3) is 3.85. The fraction of sp³-hybridized carbons (Fsp3) is 0.154. The van der Waals surface area contributed by atoms with Crippen LogP contribution in [0.5, 0.6) is 5.75 Å². The highest BCUT2D eigenvalue weighted by Crippen LogP contribution is 2.15. The number of ether oxygens (including phenoxy) is 1. The molecule has 0 aliphatic rings. The van der Waals surface area contributed by atoms with E-state index in [2.05, 4.69) is 14.5 Å². The molecule has 1 heterocycles. The molecule has 2 aromatic rings. The Bertz CT molecular complexity index is 714. The number of benzene rings is 1. The number of carbonyl (C=O) groups is 2. The number of hydrogen-bond acceptors (Lipinski definition) is 9. The van der Waals surface area contributed by atoms with Crippen LogP contribution in [0.2, 0.25) is 0 Å². The van der Waals surface area contributed by atoms with E-state index in [1.54, 1.807) is 25.1 Å². The van der Waals surface area contributed by atoms with Crippen molar-refractivity contribution in [3.05, 3.63) is 35.7 Å². The van der Waals surface area contributed by atoms with Gasteiger partial charge in [0, 0.05) is 11.5 Å². The largest absolute Gasteiger partial charge is 0.462 e. The van der Waals surface area contributed by atoms with Crippen LogP contribution < -0.4 is 10.6 Å². The fourth-order valence-corrected chi connectivity index (χ4v) is 1.89. The smallest absolute Gasteiger partial charge is 0.338 e. The maximum atomic E-state index is 11.6. The number of nitrogens with two attached hydrogens (primary N) is 1. The Balaban J connectivity index is 2.16. The van der Waals surface area contributed by atoms with Gasteiger partial charge in [-0.2, -0.15) is 9.36 Å². The molecule has 8 nitrogen and oxygen atoms in total. The second-order valence-electron chi connectivity index (χ2n) is 3.89. The molecule has 114 valence electrons. The van der Waals surface area contributed by atoms with Crippen molar-refractivity contribution in [1.29, 1.82) is 0 Å². The van der Waals surface area contributed by atoms with Crippen molar-refractivity contribution in [2.45, 2.75) is 6.92 Å². The normalized spacial score (nSPS) is 11.0. The van der Waals surface area contributed by atoms with E-state index in [1.807, 2.05) is 0 Å². The lowest BCUT2D eigenvalue weighted by atomic mass is 10.2. The van der Waals surface area contributed by atoms with Crippen LogP contribution >= 0.6 is 11.5 Å². The molecule has 0 amide bonds. The van der Waals surface area contributed by atoms with Gasteiger partial charge in [0.1, 0.15) is 0 Å². The lowest BCUT2D eigenvalue weighted by Crippen LogP contribution is -2.07. The van der Waals surface area contributed by atoms with Gasteiger partial charge in [-0.05, 0) is 25.1 Å². The molecule has 0 bridgehead atoms. The highest BCUT2D eigenvalue weighted by atomic mass is 32.1. The highest BCUT2D eigenvalue weighted by Gasteiger charge is 2.11. The summed E-state index contributed by atoms with van der Waals surface area (Å²) in [5.41, 5.74) is 5.66. The molecule has 0 aliphatic carbocycles. The van der Waals surface area contributed by atoms with E-state index < -0.39 is 5.97 Å². The summed E-state index contributed by atoms with van der Waals surface area (Å²) in [7, 11) is 0. The van der Waals surface area contributed by atoms with Crippen molar-refractivity contribution in [3.63, 3.8) is 0 Å². The Hall–Kier alpha value is -2.81. The fourth-order valence-electron chi connectivity index (χ4n) is 1.45. The van der Waals surface area contributed by atoms with E-state index in [1.165, 1.54) is 6.07 Å². The number of esters is 1. The average molecular weight is 320 g/mol. The molecule has 0 atom stereocenters. The number of anilines is 1. The number of aromatic nitrogens is 2. The molecule has 0 saturated heterocycles. The van der Waals surface area contributed by atoms with Gasteiger partial charge >= 0.3 is 5.97 Å². The summed E-state index contributed by atoms with van der Waals surface area (Å²) in [5, 5.41) is 3.88. The predicted molar refractivity (Wildman–Crippen MR) is 79.9 cm³/mol. The van der Waals surface area contributed by atoms with Crippen LogP contribution in [0.1, 0.15) is 23.1 Å². The monoisotopic (exact) mass is 320 g/mol. The highest BCUT2D eigenvalue weighted by molar-refractivity contribution is 7.09. The number of nitrogen functional groups attached to an aromatic ring is 1. The molecule has 1 aromatic carbocycles. The Kier molecular flexibility index (Phi) is 5.15. The average Bonchev–Trinajstić information content (AvgIpc) is 2.95. The van der Waals surface area contributed by atoms with Crippen LogP contribution in [0, 0.1) is 0 Å². The molecular weight excluding hydrogens is 308 g/mol. The Labute approximate surface area is 129 Å². The second-order valence-corrected chi connectivity index (χ2v) is 4.67. The van der Waals surface area contributed by atoms with Gasteiger partial charge in [-0.3, -0.25) is 4.79 Å². The molecule has 0 spiro atoms. The summed E-state index contributed by atoms with van der Waals surface area (Å²) in [5.74, 6) is -0.117. The van der Waals surface area contributed by atoms with Crippen LogP contribution in [0.15, 0.2) is 29.4 Å². The summed E-state index contributed by atoms with van der Waals surface area (Å²) in [4.78, 5) is 31.6. The van der Waals surface area contributed by atoms with Crippen LogP contribution in [-0.2, 0) is 9.53 Å². The quantitative estimate of drug-likeness (QED) is 0.369. The molecular formula is C13H12N4O4S. The van der Waals surface area contributed by atoms with Gasteiger partial charge in [-0.1, -0.05) is 11.2 Å². The van der Waals surface area contributed by atoms with Gasteiger partial charge in [0.2, 0.25) is 0 Å². The summed E-state index contributed by atoms with van der Waals surface area (Å²) < 4.78 is 8.74. The van der Waals surface area contributed by atoms with Crippen LogP contribution in [0.3, 0.4) is 0 Å². The molecule has 2 N–H and O–H groups in total. The molecule has 0 radical (unpaired) electrons. The third-order valence-electron chi connectivity index (χ3n) is 2.38. The number of rotatable bonds is 6. The Morgan fingerprint density at radius 2 is 2.32 bits per heavy atom. The number of carbonyl (C=O) groups excluding carboxylic acids is 2. The van der Waals surface area contributed by atoms with E-state index in [9.17, 15) is 9.59 Å². The van der Waals surface area contributed by atoms with Gasteiger partial charge < -0.3 is 15.3 Å². The van der Waals surface area contributed by atoms with E-state index in [0.29, 0.717) is 11.8 Å². The van der Waals surface area contributed by atoms with Gasteiger partial charge in [-0.25, -0.2) is 4.79 Å². The Morgan fingerprint density at radius 1 is 1.50 bits per heavy atom. The first-order valence-corrected chi connectivity index (χ1v) is 6.98. The van der Waals surface area contributed by atoms with E-state index in [4.69, 9.17) is 15.3 Å². The molecule has 0 aliphatic heterocycles. The molecule has 22 heavy (non-hydrogen) atoms. The van der Waals surface area contributed by atoms with E-state index in [-0.39, 0.29) is 29.0 Å². The number of aldehydes is 1. The summed E-state index contributed by atoms with van der Waals surface area (Å²) in [6, 6.07) is 6.22. The van der Waals surface area contributed by atoms with Crippen LogP contribution in [0.4, 0.5) is 5.13 Å². The number of oxime groups is 1. The summed E-state index contributed by atoms with van der Waals surface area (Å²) >= 11 is 0.942. The standard InChI is InChI=1S/C13H12N4O4S/c1-2-20-12(19)8-4-3-5-9(6-8)21-16-10(7-18)11-15-13(14)22-17-11/h3-7H,2H2,1H3,(H2,14,15,17)/b16-10+. The van der Waals surface area contributed by atoms with Gasteiger partial charge in [0.05, 0.1) is 12.2 Å². The first-order valence-electron chi connectivity index (χ1n) is 6.21. The Morgan fingerprint density at radius 3 is 2.95 bits per heavy atom. The minimum Gasteiger partial charge on any atom is -0.462 e. The lowest BCUT2D eigenvalue weighted by Gasteiger charge is -2.03. The van der Waals surface area contributed by atoms with Gasteiger partial charge in [-0.15, -0.1) is 0 Å². The summed E-state index contributed by atoms with van der Waals surface area (Å²) in [6.07, 6.45) is 0.455. The molecule has 1 aromatic heterocycles. The number of hydrogen-bond donors (Lipinski definition) is 1.